The number of imide groups is 1. The smallest absolute Gasteiger partial charge is 0.417 e. The second-order valence-electron chi connectivity index (χ2n) is 9.42. The Morgan fingerprint density at radius 1 is 0.789 bits per heavy atom. The maximum absolute atomic E-state index is 13.1. The van der Waals surface area contributed by atoms with E-state index < -0.39 is 12.2 Å². The third-order valence-electron chi connectivity index (χ3n) is 6.49. The SMILES string of the molecule is CCC=CCC=CCC=CCC=CCC=CCC=CC[C@@H](CC)C(=O)N1C(=O)OC(c2ccccc2)[C@H]1C. The van der Waals surface area contributed by atoms with Gasteiger partial charge in [-0.1, -0.05) is 117 Å². The standard InChI is InChI=1S/C34H45NO3/c1-4-6-7-8-9-10-11-12-13-14-15-16-17-18-19-20-21-23-26-30(5-2)33(36)35-29(3)32(38-34(35)37)31-27-24-22-25-28-31/h6-7,9-10,12-13,15-16,18-19,21-25,27-30,32H,4-5,8,11,14,17,20,26H2,1-3H3/t29-,30-,32?/m1/s1. The molecule has 0 N–H and O–H groups in total. The normalized spacial score (nSPS) is 19.3. The van der Waals surface area contributed by atoms with Gasteiger partial charge in [-0.15, -0.1) is 0 Å². The van der Waals surface area contributed by atoms with E-state index in [1.54, 1.807) is 0 Å². The summed E-state index contributed by atoms with van der Waals surface area (Å²) in [6, 6.07) is 9.28. The minimum absolute atomic E-state index is 0.150. The molecule has 4 heteroatoms. The first-order valence-electron chi connectivity index (χ1n) is 14.1. The van der Waals surface area contributed by atoms with E-state index in [1.807, 2.05) is 50.3 Å². The molecular formula is C34H45NO3. The molecular weight excluding hydrogens is 470 g/mol. The van der Waals surface area contributed by atoms with Crippen molar-refractivity contribution in [2.24, 2.45) is 5.92 Å². The summed E-state index contributed by atoms with van der Waals surface area (Å²) in [7, 11) is 0. The number of amides is 2. The van der Waals surface area contributed by atoms with E-state index in [2.05, 4.69) is 73.8 Å². The Morgan fingerprint density at radius 3 is 1.74 bits per heavy atom. The molecule has 1 aromatic rings. The fraction of sp³-hybridized carbons (Fsp3) is 0.412. The number of rotatable bonds is 16. The van der Waals surface area contributed by atoms with Gasteiger partial charge >= 0.3 is 6.09 Å². The van der Waals surface area contributed by atoms with E-state index >= 15 is 0 Å². The van der Waals surface area contributed by atoms with E-state index in [-0.39, 0.29) is 17.9 Å². The average Bonchev–Trinajstić information content (AvgIpc) is 3.23. The molecule has 0 saturated carbocycles. The molecule has 4 nitrogen and oxygen atoms in total. The summed E-state index contributed by atoms with van der Waals surface area (Å²) in [5, 5.41) is 0. The maximum Gasteiger partial charge on any atom is 0.417 e. The van der Waals surface area contributed by atoms with Crippen LogP contribution < -0.4 is 0 Å². The average molecular weight is 516 g/mol. The van der Waals surface area contributed by atoms with Gasteiger partial charge in [0.05, 0.1) is 6.04 Å². The molecule has 1 aliphatic heterocycles. The summed E-state index contributed by atoms with van der Waals surface area (Å²) in [6.45, 7) is 6.02. The van der Waals surface area contributed by atoms with Crippen LogP contribution in [0.25, 0.3) is 0 Å². The number of cyclic esters (lactones) is 1. The van der Waals surface area contributed by atoms with Gasteiger partial charge in [-0.2, -0.15) is 0 Å². The second kappa shape index (κ2) is 18.8. The van der Waals surface area contributed by atoms with E-state index in [1.165, 1.54) is 4.90 Å². The van der Waals surface area contributed by atoms with E-state index in [0.29, 0.717) is 12.8 Å². The highest BCUT2D eigenvalue weighted by atomic mass is 16.6. The van der Waals surface area contributed by atoms with Gasteiger partial charge in [-0.3, -0.25) is 4.79 Å². The van der Waals surface area contributed by atoms with Crippen molar-refractivity contribution in [2.45, 2.75) is 84.3 Å². The number of ether oxygens (including phenoxy) is 1. The van der Waals surface area contributed by atoms with Gasteiger partial charge in [0.25, 0.3) is 0 Å². The van der Waals surface area contributed by atoms with Crippen molar-refractivity contribution in [2.75, 3.05) is 0 Å². The molecule has 2 amide bonds. The minimum atomic E-state index is -0.544. The molecule has 0 spiro atoms. The Labute approximate surface area is 230 Å². The largest absolute Gasteiger partial charge is 0.439 e. The molecule has 1 fully saturated rings. The first-order chi connectivity index (χ1) is 18.6. The Kier molecular flexibility index (Phi) is 15.2. The molecule has 1 saturated heterocycles. The number of allylic oxidation sites excluding steroid dienone is 12. The maximum atomic E-state index is 13.1. The summed E-state index contributed by atoms with van der Waals surface area (Å²) in [4.78, 5) is 27.0. The third-order valence-corrected chi connectivity index (χ3v) is 6.49. The zero-order chi connectivity index (χ0) is 27.4. The van der Waals surface area contributed by atoms with Crippen LogP contribution in [-0.4, -0.2) is 22.9 Å². The minimum Gasteiger partial charge on any atom is -0.439 e. The topological polar surface area (TPSA) is 46.6 Å². The van der Waals surface area contributed by atoms with Crippen molar-refractivity contribution < 1.29 is 14.3 Å². The fourth-order valence-corrected chi connectivity index (χ4v) is 4.27. The zero-order valence-electron chi connectivity index (χ0n) is 23.4. The van der Waals surface area contributed by atoms with Gasteiger partial charge in [0.15, 0.2) is 0 Å². The molecule has 1 heterocycles. The molecule has 0 aromatic heterocycles. The van der Waals surface area contributed by atoms with Crippen LogP contribution in [0.2, 0.25) is 0 Å². The van der Waals surface area contributed by atoms with Crippen LogP contribution in [0.15, 0.2) is 103 Å². The Balaban J connectivity index is 1.66. The Hall–Kier alpha value is -3.40. The lowest BCUT2D eigenvalue weighted by Crippen LogP contribution is -2.41. The highest BCUT2D eigenvalue weighted by molar-refractivity contribution is 5.95. The predicted molar refractivity (Wildman–Crippen MR) is 159 cm³/mol. The van der Waals surface area contributed by atoms with Crippen LogP contribution in [0, 0.1) is 5.92 Å². The van der Waals surface area contributed by atoms with Crippen molar-refractivity contribution in [1.82, 2.24) is 4.90 Å². The number of benzene rings is 1. The van der Waals surface area contributed by atoms with Crippen LogP contribution in [0.5, 0.6) is 0 Å². The molecule has 2 rings (SSSR count). The fourth-order valence-electron chi connectivity index (χ4n) is 4.27. The summed E-state index contributed by atoms with van der Waals surface area (Å²) in [6.07, 6.45) is 32.1. The predicted octanol–water partition coefficient (Wildman–Crippen LogP) is 9.21. The third kappa shape index (κ3) is 10.9. The van der Waals surface area contributed by atoms with Crippen LogP contribution in [0.3, 0.4) is 0 Å². The van der Waals surface area contributed by atoms with Crippen LogP contribution >= 0.6 is 0 Å². The Bertz CT molecular complexity index is 1000. The molecule has 3 atom stereocenters. The van der Waals surface area contributed by atoms with Crippen molar-refractivity contribution in [3.8, 4) is 0 Å². The molecule has 0 bridgehead atoms. The number of hydrogen-bond acceptors (Lipinski definition) is 3. The van der Waals surface area contributed by atoms with Crippen LogP contribution in [-0.2, 0) is 9.53 Å². The number of hydrogen-bond donors (Lipinski definition) is 0. The monoisotopic (exact) mass is 515 g/mol. The summed E-state index contributed by atoms with van der Waals surface area (Å²) < 4.78 is 5.56. The van der Waals surface area contributed by atoms with Crippen molar-refractivity contribution in [1.29, 1.82) is 0 Å². The lowest BCUT2D eigenvalue weighted by Gasteiger charge is -2.23. The molecule has 1 aromatic carbocycles. The van der Waals surface area contributed by atoms with Gasteiger partial charge in [0.2, 0.25) is 5.91 Å². The quantitative estimate of drug-likeness (QED) is 0.206. The number of carbonyl (C=O) groups is 2. The van der Waals surface area contributed by atoms with E-state index in [9.17, 15) is 9.59 Å². The number of nitrogens with zero attached hydrogens (tertiary/aromatic N) is 1. The van der Waals surface area contributed by atoms with Crippen LogP contribution in [0.1, 0.15) is 83.8 Å². The van der Waals surface area contributed by atoms with Gasteiger partial charge < -0.3 is 4.74 Å². The van der Waals surface area contributed by atoms with Gasteiger partial charge in [0, 0.05) is 5.92 Å². The second-order valence-corrected chi connectivity index (χ2v) is 9.42. The zero-order valence-corrected chi connectivity index (χ0v) is 23.4. The molecule has 0 radical (unpaired) electrons. The lowest BCUT2D eigenvalue weighted by atomic mass is 9.98. The van der Waals surface area contributed by atoms with Gasteiger partial charge in [0.1, 0.15) is 6.10 Å². The summed E-state index contributed by atoms with van der Waals surface area (Å²) in [5.74, 6) is -0.382. The van der Waals surface area contributed by atoms with Crippen molar-refractivity contribution >= 4 is 12.0 Å². The van der Waals surface area contributed by atoms with E-state index in [4.69, 9.17) is 4.74 Å². The molecule has 204 valence electrons. The summed E-state index contributed by atoms with van der Waals surface area (Å²) >= 11 is 0. The Morgan fingerprint density at radius 2 is 1.26 bits per heavy atom. The molecule has 38 heavy (non-hydrogen) atoms. The highest BCUT2D eigenvalue weighted by Gasteiger charge is 2.44. The highest BCUT2D eigenvalue weighted by Crippen LogP contribution is 2.34. The first-order valence-corrected chi connectivity index (χ1v) is 14.1. The van der Waals surface area contributed by atoms with E-state index in [0.717, 1.165) is 44.1 Å². The molecule has 1 unspecified atom stereocenters. The van der Waals surface area contributed by atoms with Gasteiger partial charge in [-0.05, 0) is 63.9 Å². The lowest BCUT2D eigenvalue weighted by molar-refractivity contribution is -0.133. The molecule has 0 aliphatic carbocycles. The van der Waals surface area contributed by atoms with Crippen molar-refractivity contribution in [3.05, 3.63) is 109 Å². The van der Waals surface area contributed by atoms with Crippen LogP contribution in [0.4, 0.5) is 4.79 Å². The first kappa shape index (κ1) is 30.8. The molecule has 1 aliphatic rings. The number of carbonyl (C=O) groups excluding carboxylic acids is 2. The van der Waals surface area contributed by atoms with Crippen molar-refractivity contribution in [3.63, 3.8) is 0 Å². The summed E-state index contributed by atoms with van der Waals surface area (Å²) in [5.41, 5.74) is 0.911. The van der Waals surface area contributed by atoms with Gasteiger partial charge in [-0.25, -0.2) is 9.69 Å².